The summed E-state index contributed by atoms with van der Waals surface area (Å²) in [6.45, 7) is 4.93. The topological polar surface area (TPSA) is 51.0 Å². The first-order valence-electron chi connectivity index (χ1n) is 5.41. The summed E-state index contributed by atoms with van der Waals surface area (Å²) in [5.41, 5.74) is 1.87. The van der Waals surface area contributed by atoms with Crippen LogP contribution in [0.2, 0.25) is 0 Å². The lowest BCUT2D eigenvalue weighted by molar-refractivity contribution is 0.568. The zero-order valence-corrected chi connectivity index (χ0v) is 9.53. The lowest BCUT2D eigenvalue weighted by atomic mass is 10.2. The van der Waals surface area contributed by atoms with E-state index < -0.39 is 0 Å². The second-order valence-electron chi connectivity index (χ2n) is 3.62. The summed E-state index contributed by atoms with van der Waals surface area (Å²) >= 11 is 0. The minimum atomic E-state index is 0.761. The van der Waals surface area contributed by atoms with Crippen LogP contribution in [0.5, 0.6) is 0 Å². The molecule has 0 atom stereocenters. The third-order valence-corrected chi connectivity index (χ3v) is 2.21. The summed E-state index contributed by atoms with van der Waals surface area (Å²) in [6.07, 6.45) is 4.40. The molecule has 0 saturated heterocycles. The quantitative estimate of drug-likeness (QED) is 0.855. The molecule has 0 spiro atoms. The predicted octanol–water partition coefficient (Wildman–Crippen LogP) is 2.87. The zero-order valence-electron chi connectivity index (χ0n) is 9.53. The Hall–Kier alpha value is -1.84. The van der Waals surface area contributed by atoms with Crippen LogP contribution in [0.3, 0.4) is 0 Å². The highest BCUT2D eigenvalue weighted by atomic mass is 16.3. The minimum Gasteiger partial charge on any atom is -0.472 e. The van der Waals surface area contributed by atoms with Crippen molar-refractivity contribution >= 4 is 5.82 Å². The largest absolute Gasteiger partial charge is 0.472 e. The van der Waals surface area contributed by atoms with Crippen molar-refractivity contribution < 1.29 is 4.42 Å². The molecule has 4 nitrogen and oxygen atoms in total. The number of aryl methyl sites for hydroxylation is 1. The molecule has 0 saturated carbocycles. The fraction of sp³-hybridized carbons (Fsp3) is 0.333. The number of hydrogen-bond acceptors (Lipinski definition) is 4. The van der Waals surface area contributed by atoms with Gasteiger partial charge in [-0.25, -0.2) is 9.97 Å². The van der Waals surface area contributed by atoms with Crippen molar-refractivity contribution in [2.45, 2.75) is 20.3 Å². The molecule has 0 aromatic carbocycles. The number of rotatable bonds is 4. The number of nitrogens with zero attached hydrogens (tertiary/aromatic N) is 2. The number of hydrogen-bond donors (Lipinski definition) is 1. The van der Waals surface area contributed by atoms with Gasteiger partial charge in [0.1, 0.15) is 11.6 Å². The van der Waals surface area contributed by atoms with Crippen molar-refractivity contribution in [1.82, 2.24) is 9.97 Å². The Morgan fingerprint density at radius 2 is 2.25 bits per heavy atom. The van der Waals surface area contributed by atoms with Crippen LogP contribution < -0.4 is 5.32 Å². The summed E-state index contributed by atoms with van der Waals surface area (Å²) in [5.74, 6) is 1.63. The molecule has 0 amide bonds. The van der Waals surface area contributed by atoms with Crippen molar-refractivity contribution in [2.24, 2.45) is 0 Å². The van der Waals surface area contributed by atoms with Gasteiger partial charge in [-0.05, 0) is 19.4 Å². The second kappa shape index (κ2) is 4.79. The normalized spacial score (nSPS) is 10.4. The summed E-state index contributed by atoms with van der Waals surface area (Å²) in [5, 5.41) is 3.26. The lowest BCUT2D eigenvalue weighted by Gasteiger charge is -2.06. The van der Waals surface area contributed by atoms with Crippen molar-refractivity contribution in [1.29, 1.82) is 0 Å². The zero-order chi connectivity index (χ0) is 11.4. The molecule has 4 heteroatoms. The van der Waals surface area contributed by atoms with Crippen LogP contribution >= 0.6 is 0 Å². The summed E-state index contributed by atoms with van der Waals surface area (Å²) < 4.78 is 5.05. The van der Waals surface area contributed by atoms with Crippen LogP contribution in [0, 0.1) is 6.92 Å². The van der Waals surface area contributed by atoms with E-state index in [4.69, 9.17) is 4.42 Å². The van der Waals surface area contributed by atoms with Gasteiger partial charge in [-0.2, -0.15) is 0 Å². The second-order valence-corrected chi connectivity index (χ2v) is 3.62. The Morgan fingerprint density at radius 3 is 2.94 bits per heavy atom. The predicted molar refractivity (Wildman–Crippen MR) is 63.3 cm³/mol. The highest BCUT2D eigenvalue weighted by Gasteiger charge is 2.04. The molecule has 0 aliphatic heterocycles. The van der Waals surface area contributed by atoms with Gasteiger partial charge >= 0.3 is 0 Å². The molecule has 0 aliphatic rings. The average molecular weight is 217 g/mol. The Morgan fingerprint density at radius 1 is 1.38 bits per heavy atom. The summed E-state index contributed by atoms with van der Waals surface area (Å²) in [7, 11) is 0. The molecule has 0 bridgehead atoms. The molecule has 16 heavy (non-hydrogen) atoms. The lowest BCUT2D eigenvalue weighted by Crippen LogP contribution is -2.04. The molecule has 84 valence electrons. The van der Waals surface area contributed by atoms with E-state index in [2.05, 4.69) is 22.2 Å². The van der Waals surface area contributed by atoms with Crippen LogP contribution in [0.15, 0.2) is 29.1 Å². The maximum Gasteiger partial charge on any atom is 0.130 e. The van der Waals surface area contributed by atoms with E-state index in [1.807, 2.05) is 19.1 Å². The first-order chi connectivity index (χ1) is 7.79. The first-order valence-corrected chi connectivity index (χ1v) is 5.41. The summed E-state index contributed by atoms with van der Waals surface area (Å²) in [6, 6.07) is 3.83. The van der Waals surface area contributed by atoms with Gasteiger partial charge in [-0.1, -0.05) is 6.92 Å². The fourth-order valence-corrected chi connectivity index (χ4v) is 1.47. The molecule has 2 heterocycles. The third-order valence-electron chi connectivity index (χ3n) is 2.21. The molecule has 2 aromatic rings. The van der Waals surface area contributed by atoms with Crippen LogP contribution in [-0.4, -0.2) is 16.5 Å². The molecule has 0 fully saturated rings. The average Bonchev–Trinajstić information content (AvgIpc) is 2.79. The Kier molecular flexibility index (Phi) is 3.19. The van der Waals surface area contributed by atoms with Gasteiger partial charge in [0, 0.05) is 18.2 Å². The Bertz CT molecular complexity index is 451. The van der Waals surface area contributed by atoms with Crippen LogP contribution in [0.4, 0.5) is 5.82 Å². The smallest absolute Gasteiger partial charge is 0.130 e. The van der Waals surface area contributed by atoms with Gasteiger partial charge < -0.3 is 9.73 Å². The van der Waals surface area contributed by atoms with E-state index in [0.29, 0.717) is 0 Å². The van der Waals surface area contributed by atoms with Crippen molar-refractivity contribution in [3.63, 3.8) is 0 Å². The molecule has 0 aliphatic carbocycles. The molecule has 0 radical (unpaired) electrons. The highest BCUT2D eigenvalue weighted by molar-refractivity contribution is 5.61. The molecule has 1 N–H and O–H groups in total. The molecular formula is C12H15N3O. The standard InChI is InChI=1S/C12H15N3O/c1-3-5-13-12-7-11(14-9(2)15-12)10-4-6-16-8-10/h4,6-8H,3,5H2,1-2H3,(H,13,14,15). The number of anilines is 1. The van der Waals surface area contributed by atoms with Gasteiger partial charge in [0.2, 0.25) is 0 Å². The molecular weight excluding hydrogens is 202 g/mol. The van der Waals surface area contributed by atoms with E-state index in [1.165, 1.54) is 0 Å². The van der Waals surface area contributed by atoms with Crippen molar-refractivity contribution in [2.75, 3.05) is 11.9 Å². The Balaban J connectivity index is 2.29. The van der Waals surface area contributed by atoms with E-state index in [-0.39, 0.29) is 0 Å². The van der Waals surface area contributed by atoms with Gasteiger partial charge in [0.15, 0.2) is 0 Å². The van der Waals surface area contributed by atoms with E-state index >= 15 is 0 Å². The van der Waals surface area contributed by atoms with Gasteiger partial charge in [-0.3, -0.25) is 0 Å². The van der Waals surface area contributed by atoms with Gasteiger partial charge in [-0.15, -0.1) is 0 Å². The number of nitrogens with one attached hydrogen (secondary N) is 1. The maximum atomic E-state index is 5.05. The van der Waals surface area contributed by atoms with Gasteiger partial charge in [0.25, 0.3) is 0 Å². The third kappa shape index (κ3) is 2.39. The molecule has 2 aromatic heterocycles. The van der Waals surface area contributed by atoms with Crippen LogP contribution in [-0.2, 0) is 0 Å². The van der Waals surface area contributed by atoms with Crippen LogP contribution in [0.1, 0.15) is 19.2 Å². The number of furan rings is 1. The molecule has 2 rings (SSSR count). The van der Waals surface area contributed by atoms with Crippen molar-refractivity contribution in [3.8, 4) is 11.3 Å². The molecule has 0 unspecified atom stereocenters. The van der Waals surface area contributed by atoms with E-state index in [9.17, 15) is 0 Å². The highest BCUT2D eigenvalue weighted by Crippen LogP contribution is 2.19. The van der Waals surface area contributed by atoms with Gasteiger partial charge in [0.05, 0.1) is 18.2 Å². The van der Waals surface area contributed by atoms with Crippen LogP contribution in [0.25, 0.3) is 11.3 Å². The van der Waals surface area contributed by atoms with E-state index in [0.717, 1.165) is 35.9 Å². The first kappa shape index (κ1) is 10.7. The SMILES string of the molecule is CCCNc1cc(-c2ccoc2)nc(C)n1. The fourth-order valence-electron chi connectivity index (χ4n) is 1.47. The Labute approximate surface area is 94.7 Å². The minimum absolute atomic E-state index is 0.761. The van der Waals surface area contributed by atoms with Crippen molar-refractivity contribution in [3.05, 3.63) is 30.5 Å². The number of aromatic nitrogens is 2. The maximum absolute atomic E-state index is 5.05. The van der Waals surface area contributed by atoms with E-state index in [1.54, 1.807) is 12.5 Å². The summed E-state index contributed by atoms with van der Waals surface area (Å²) in [4.78, 5) is 8.70. The monoisotopic (exact) mass is 217 g/mol.